The van der Waals surface area contributed by atoms with E-state index in [0.717, 1.165) is 5.56 Å². The van der Waals surface area contributed by atoms with Crippen LogP contribution in [-0.4, -0.2) is 16.7 Å². The Kier molecular flexibility index (Phi) is 1.69. The summed E-state index contributed by atoms with van der Waals surface area (Å²) in [6.45, 7) is 1.84. The fourth-order valence-electron chi connectivity index (χ4n) is 1.35. The van der Waals surface area contributed by atoms with E-state index in [9.17, 15) is 4.39 Å². The fraction of sp³-hybridized carbons (Fsp3) is 0.222. The van der Waals surface area contributed by atoms with Gasteiger partial charge in [-0.3, -0.25) is 0 Å². The summed E-state index contributed by atoms with van der Waals surface area (Å²) < 4.78 is 15.0. The predicted octanol–water partition coefficient (Wildman–Crippen LogP) is 1.82. The second kappa shape index (κ2) is 2.73. The molecule has 0 bridgehead atoms. The Labute approximate surface area is 75.2 Å². The van der Waals surface area contributed by atoms with Gasteiger partial charge in [-0.2, -0.15) is 5.10 Å². The van der Waals surface area contributed by atoms with E-state index in [1.807, 2.05) is 6.92 Å². The molecular weight excluding hydrogens is 169 g/mol. The van der Waals surface area contributed by atoms with Gasteiger partial charge in [0.15, 0.2) is 5.82 Å². The molecule has 0 radical (unpaired) electrons. The summed E-state index contributed by atoms with van der Waals surface area (Å²) in [6, 6.07) is 1.46. The van der Waals surface area contributed by atoms with E-state index in [0.29, 0.717) is 11.2 Å². The number of hydrogen-bond acceptors (Lipinski definition) is 2. The van der Waals surface area contributed by atoms with Crippen molar-refractivity contribution in [2.45, 2.75) is 6.92 Å². The molecule has 68 valence electrons. The van der Waals surface area contributed by atoms with E-state index in [4.69, 9.17) is 0 Å². The summed E-state index contributed by atoms with van der Waals surface area (Å²) in [4.78, 5) is 0. The Morgan fingerprint density at radius 3 is 3.00 bits per heavy atom. The maximum atomic E-state index is 13.4. The Morgan fingerprint density at radius 1 is 1.54 bits per heavy atom. The average molecular weight is 179 g/mol. The van der Waals surface area contributed by atoms with Crippen LogP contribution in [0.2, 0.25) is 0 Å². The van der Waals surface area contributed by atoms with Gasteiger partial charge >= 0.3 is 0 Å². The number of aryl methyl sites for hydroxylation is 1. The maximum absolute atomic E-state index is 13.4. The Hall–Kier alpha value is -1.58. The molecule has 0 fully saturated rings. The molecule has 0 unspecified atom stereocenters. The Balaban J connectivity index is 2.79. The van der Waals surface area contributed by atoms with Crippen LogP contribution in [0.3, 0.4) is 0 Å². The highest BCUT2D eigenvalue weighted by Crippen LogP contribution is 2.17. The van der Waals surface area contributed by atoms with Crippen LogP contribution in [0.15, 0.2) is 18.5 Å². The van der Waals surface area contributed by atoms with Gasteiger partial charge in [0.1, 0.15) is 5.52 Å². The maximum Gasteiger partial charge on any atom is 0.151 e. The Morgan fingerprint density at radius 2 is 2.31 bits per heavy atom. The third-order valence-electron chi connectivity index (χ3n) is 2.04. The zero-order valence-corrected chi connectivity index (χ0v) is 7.50. The van der Waals surface area contributed by atoms with E-state index in [1.165, 1.54) is 10.6 Å². The number of nitrogens with zero attached hydrogens (tertiary/aromatic N) is 2. The van der Waals surface area contributed by atoms with Crippen molar-refractivity contribution >= 4 is 11.2 Å². The lowest BCUT2D eigenvalue weighted by molar-refractivity contribution is 0.630. The number of halogens is 1. The fourth-order valence-corrected chi connectivity index (χ4v) is 1.35. The second-order valence-corrected chi connectivity index (χ2v) is 2.95. The number of fused-ring (bicyclic) bond motifs is 1. The molecule has 2 heterocycles. The van der Waals surface area contributed by atoms with Crippen molar-refractivity contribution in [1.82, 2.24) is 9.61 Å². The Bertz CT molecular complexity index is 447. The van der Waals surface area contributed by atoms with Crippen LogP contribution < -0.4 is 5.32 Å². The van der Waals surface area contributed by atoms with Gasteiger partial charge in [0.05, 0.1) is 18.1 Å². The van der Waals surface area contributed by atoms with Crippen LogP contribution in [-0.2, 0) is 0 Å². The van der Waals surface area contributed by atoms with E-state index in [2.05, 4.69) is 10.4 Å². The molecule has 1 N–H and O–H groups in total. The summed E-state index contributed by atoms with van der Waals surface area (Å²) in [5.74, 6) is -0.248. The molecule has 0 aliphatic rings. The highest BCUT2D eigenvalue weighted by molar-refractivity contribution is 5.59. The van der Waals surface area contributed by atoms with Gasteiger partial charge in [-0.1, -0.05) is 0 Å². The van der Waals surface area contributed by atoms with Crippen molar-refractivity contribution in [2.75, 3.05) is 12.4 Å². The highest BCUT2D eigenvalue weighted by atomic mass is 19.1. The van der Waals surface area contributed by atoms with E-state index < -0.39 is 0 Å². The molecule has 13 heavy (non-hydrogen) atoms. The van der Waals surface area contributed by atoms with Crippen LogP contribution >= 0.6 is 0 Å². The first kappa shape index (κ1) is 8.04. The molecule has 0 saturated heterocycles. The first-order valence-electron chi connectivity index (χ1n) is 4.03. The molecule has 4 heteroatoms. The normalized spacial score (nSPS) is 10.7. The lowest BCUT2D eigenvalue weighted by Gasteiger charge is -2.02. The average Bonchev–Trinajstić information content (AvgIpc) is 2.48. The summed E-state index contributed by atoms with van der Waals surface area (Å²) in [5.41, 5.74) is 2.10. The van der Waals surface area contributed by atoms with E-state index >= 15 is 0 Å². The van der Waals surface area contributed by atoms with Crippen molar-refractivity contribution in [3.8, 4) is 0 Å². The summed E-state index contributed by atoms with van der Waals surface area (Å²) in [5, 5.41) is 6.89. The molecule has 2 aromatic rings. The summed E-state index contributed by atoms with van der Waals surface area (Å²) in [6.07, 6.45) is 3.41. The number of anilines is 1. The lowest BCUT2D eigenvalue weighted by Crippen LogP contribution is -1.96. The molecule has 0 spiro atoms. The molecule has 2 aromatic heterocycles. The van der Waals surface area contributed by atoms with Crippen molar-refractivity contribution in [2.24, 2.45) is 0 Å². The van der Waals surface area contributed by atoms with Gasteiger partial charge in [0, 0.05) is 13.1 Å². The molecule has 0 atom stereocenters. The van der Waals surface area contributed by atoms with Gasteiger partial charge in [-0.25, -0.2) is 8.91 Å². The van der Waals surface area contributed by atoms with Crippen LogP contribution in [0.5, 0.6) is 0 Å². The quantitative estimate of drug-likeness (QED) is 0.723. The number of rotatable bonds is 1. The van der Waals surface area contributed by atoms with E-state index in [1.54, 1.807) is 19.4 Å². The minimum Gasteiger partial charge on any atom is -0.387 e. The predicted molar refractivity (Wildman–Crippen MR) is 49.4 cm³/mol. The van der Waals surface area contributed by atoms with Crippen molar-refractivity contribution in [3.63, 3.8) is 0 Å². The van der Waals surface area contributed by atoms with Crippen LogP contribution in [0.1, 0.15) is 5.56 Å². The largest absolute Gasteiger partial charge is 0.387 e. The summed E-state index contributed by atoms with van der Waals surface area (Å²) in [7, 11) is 1.75. The third-order valence-corrected chi connectivity index (χ3v) is 2.04. The van der Waals surface area contributed by atoms with Gasteiger partial charge in [-0.05, 0) is 12.5 Å². The number of nitrogens with one attached hydrogen (secondary N) is 1. The van der Waals surface area contributed by atoms with Gasteiger partial charge in [0.25, 0.3) is 0 Å². The highest BCUT2D eigenvalue weighted by Gasteiger charge is 2.06. The van der Waals surface area contributed by atoms with Gasteiger partial charge in [-0.15, -0.1) is 0 Å². The molecule has 0 aliphatic heterocycles. The van der Waals surface area contributed by atoms with Crippen LogP contribution in [0, 0.1) is 12.7 Å². The second-order valence-electron chi connectivity index (χ2n) is 2.95. The minimum atomic E-state index is -0.248. The lowest BCUT2D eigenvalue weighted by atomic mass is 10.3. The molecule has 0 saturated carbocycles. The SMILES string of the molecule is CNc1cc(F)c2c(C)cnn2c1. The van der Waals surface area contributed by atoms with E-state index in [-0.39, 0.29) is 5.82 Å². The van der Waals surface area contributed by atoms with Crippen molar-refractivity contribution in [3.05, 3.63) is 29.8 Å². The van der Waals surface area contributed by atoms with Crippen LogP contribution in [0.25, 0.3) is 5.52 Å². The molecule has 3 nitrogen and oxygen atoms in total. The molecule has 0 aliphatic carbocycles. The molecular formula is C9H10FN3. The van der Waals surface area contributed by atoms with Crippen molar-refractivity contribution in [1.29, 1.82) is 0 Å². The third kappa shape index (κ3) is 1.14. The van der Waals surface area contributed by atoms with Gasteiger partial charge < -0.3 is 5.32 Å². The number of aromatic nitrogens is 2. The molecule has 0 amide bonds. The number of pyridine rings is 1. The van der Waals surface area contributed by atoms with Gasteiger partial charge in [0.2, 0.25) is 0 Å². The monoisotopic (exact) mass is 179 g/mol. The minimum absolute atomic E-state index is 0.248. The summed E-state index contributed by atoms with van der Waals surface area (Å²) >= 11 is 0. The molecule has 2 rings (SSSR count). The van der Waals surface area contributed by atoms with Crippen LogP contribution in [0.4, 0.5) is 10.1 Å². The van der Waals surface area contributed by atoms with Crippen molar-refractivity contribution < 1.29 is 4.39 Å². The number of hydrogen-bond donors (Lipinski definition) is 1. The first-order valence-corrected chi connectivity index (χ1v) is 4.03. The molecule has 0 aromatic carbocycles. The topological polar surface area (TPSA) is 29.3 Å². The standard InChI is InChI=1S/C9H10FN3/c1-6-4-12-13-5-7(11-2)3-8(10)9(6)13/h3-5,11H,1-2H3. The smallest absolute Gasteiger partial charge is 0.151 e. The zero-order valence-electron chi connectivity index (χ0n) is 7.50. The first-order chi connectivity index (χ1) is 6.22. The zero-order chi connectivity index (χ0) is 9.42.